The number of carbonyl (C=O) groups is 1. The third kappa shape index (κ3) is 5.45. The fourth-order valence-electron chi connectivity index (χ4n) is 0.267. The molecular weight excluding hydrogens is 140 g/mol. The van der Waals surface area contributed by atoms with Gasteiger partial charge in [0.1, 0.15) is 9.92 Å². The van der Waals surface area contributed by atoms with Crippen LogP contribution in [0.1, 0.15) is 13.3 Å². The summed E-state index contributed by atoms with van der Waals surface area (Å²) in [6.45, 7) is 1.64. The number of nitrogens with two attached hydrogens (primary N) is 1. The molecule has 4 nitrogen and oxygen atoms in total. The van der Waals surface area contributed by atoms with Crippen molar-refractivity contribution in [1.82, 2.24) is 0 Å². The maximum absolute atomic E-state index is 10.5. The van der Waals surface area contributed by atoms with Crippen LogP contribution in [-0.4, -0.2) is 16.4 Å². The van der Waals surface area contributed by atoms with Gasteiger partial charge in [-0.05, 0) is 0 Å². The van der Waals surface area contributed by atoms with E-state index in [0.29, 0.717) is 0 Å². The van der Waals surface area contributed by atoms with Gasteiger partial charge in [0, 0.05) is 12.7 Å². The molecule has 0 bridgehead atoms. The highest BCUT2D eigenvalue weighted by molar-refractivity contribution is 7.91. The van der Waals surface area contributed by atoms with Crippen LogP contribution in [0.4, 0.5) is 0 Å². The molecule has 0 saturated carbocycles. The number of nitrogens with zero attached hydrogens (tertiary/aromatic N) is 1. The van der Waals surface area contributed by atoms with Crippen molar-refractivity contribution in [2.45, 2.75) is 13.3 Å². The minimum atomic E-state index is -2.71. The van der Waals surface area contributed by atoms with Crippen molar-refractivity contribution >= 4 is 15.8 Å². The van der Waals surface area contributed by atoms with E-state index in [1.807, 2.05) is 0 Å². The minimum Gasteiger partial charge on any atom is -0.272 e. The van der Waals surface area contributed by atoms with E-state index in [-0.39, 0.29) is 6.42 Å². The van der Waals surface area contributed by atoms with Crippen molar-refractivity contribution in [3.05, 3.63) is 0 Å². The van der Waals surface area contributed by atoms with Crippen molar-refractivity contribution in [3.63, 3.8) is 0 Å². The normalized spacial score (nSPS) is 16.3. The van der Waals surface area contributed by atoms with Crippen LogP contribution in [-0.2, 0) is 14.7 Å². The molecule has 0 radical (unpaired) electrons. The van der Waals surface area contributed by atoms with Crippen LogP contribution < -0.4 is 5.14 Å². The fourth-order valence-corrected chi connectivity index (χ4v) is 0.800. The Morgan fingerprint density at radius 2 is 2.22 bits per heavy atom. The number of carbonyl (C=O) groups excluding carboxylic acids is 1. The Kier molecular flexibility index (Phi) is 2.80. The molecular formula is C4H10N2O2S. The lowest BCUT2D eigenvalue weighted by Crippen LogP contribution is -2.11. The van der Waals surface area contributed by atoms with E-state index >= 15 is 0 Å². The Bertz CT molecular complexity index is 207. The quantitative estimate of drug-likeness (QED) is 0.566. The molecule has 1 amide bonds. The van der Waals surface area contributed by atoms with E-state index in [2.05, 4.69) is 4.36 Å². The second-order valence-electron chi connectivity index (χ2n) is 1.70. The topological polar surface area (TPSA) is 72.5 Å². The molecule has 0 heterocycles. The molecule has 0 aliphatic carbocycles. The first-order valence-corrected chi connectivity index (χ1v) is 4.47. The molecule has 0 aromatic rings. The maximum Gasteiger partial charge on any atom is 0.254 e. The molecule has 0 aliphatic heterocycles. The first-order valence-electron chi connectivity index (χ1n) is 2.48. The van der Waals surface area contributed by atoms with E-state index in [9.17, 15) is 9.00 Å². The van der Waals surface area contributed by atoms with Crippen LogP contribution >= 0.6 is 0 Å². The Morgan fingerprint density at radius 3 is 2.33 bits per heavy atom. The summed E-state index contributed by atoms with van der Waals surface area (Å²) in [4.78, 5) is 10.4. The maximum atomic E-state index is 10.5. The van der Waals surface area contributed by atoms with Gasteiger partial charge in [0.15, 0.2) is 0 Å². The lowest BCUT2D eigenvalue weighted by Gasteiger charge is -1.90. The van der Waals surface area contributed by atoms with Gasteiger partial charge in [0.05, 0.1) is 0 Å². The average molecular weight is 150 g/mol. The molecule has 2 N–H and O–H groups in total. The van der Waals surface area contributed by atoms with Gasteiger partial charge in [-0.3, -0.25) is 4.79 Å². The van der Waals surface area contributed by atoms with Gasteiger partial charge in [-0.1, -0.05) is 6.92 Å². The number of rotatable bonds is 1. The summed E-state index contributed by atoms with van der Waals surface area (Å²) in [7, 11) is -2.71. The van der Waals surface area contributed by atoms with Crippen LogP contribution in [0.2, 0.25) is 0 Å². The van der Waals surface area contributed by atoms with E-state index in [1.165, 1.54) is 6.26 Å². The number of amides is 1. The van der Waals surface area contributed by atoms with Crippen LogP contribution in [0.5, 0.6) is 0 Å². The van der Waals surface area contributed by atoms with Gasteiger partial charge < -0.3 is 0 Å². The van der Waals surface area contributed by atoms with Gasteiger partial charge in [-0.2, -0.15) is 0 Å². The smallest absolute Gasteiger partial charge is 0.254 e. The fraction of sp³-hybridized carbons (Fsp3) is 0.750. The zero-order chi connectivity index (χ0) is 7.49. The van der Waals surface area contributed by atoms with E-state index in [0.717, 1.165) is 0 Å². The van der Waals surface area contributed by atoms with Crippen molar-refractivity contribution < 1.29 is 9.00 Å². The predicted molar refractivity (Wildman–Crippen MR) is 36.0 cm³/mol. The Morgan fingerprint density at radius 1 is 1.78 bits per heavy atom. The Hall–Kier alpha value is -0.420. The highest BCUT2D eigenvalue weighted by Crippen LogP contribution is 1.85. The second-order valence-corrected chi connectivity index (χ2v) is 3.60. The monoisotopic (exact) mass is 150 g/mol. The third-order valence-electron chi connectivity index (χ3n) is 0.586. The van der Waals surface area contributed by atoms with Crippen LogP contribution in [0.3, 0.4) is 0 Å². The van der Waals surface area contributed by atoms with Gasteiger partial charge in [-0.25, -0.2) is 9.35 Å². The van der Waals surface area contributed by atoms with Crippen molar-refractivity contribution in [1.29, 1.82) is 0 Å². The molecule has 0 aromatic heterocycles. The van der Waals surface area contributed by atoms with Crippen LogP contribution in [0.15, 0.2) is 4.36 Å². The molecule has 1 atom stereocenters. The minimum absolute atomic E-state index is 0.252. The molecule has 0 aliphatic rings. The standard InChI is InChI=1S/C4H10N2O2S/c1-3-4(7)6-9(2,5)8/h3H2,1-2H3,(H2,5,6,7,8). The SMILES string of the molecule is CCC(=O)N=S(C)(N)=O. The highest BCUT2D eigenvalue weighted by Gasteiger charge is 1.95. The summed E-state index contributed by atoms with van der Waals surface area (Å²) in [6.07, 6.45) is 1.47. The van der Waals surface area contributed by atoms with Crippen molar-refractivity contribution in [2.24, 2.45) is 9.50 Å². The van der Waals surface area contributed by atoms with E-state index in [1.54, 1.807) is 6.92 Å². The number of hydrogen-bond donors (Lipinski definition) is 1. The molecule has 0 spiro atoms. The van der Waals surface area contributed by atoms with Gasteiger partial charge in [0.25, 0.3) is 5.91 Å². The lowest BCUT2D eigenvalue weighted by atomic mass is 10.5. The molecule has 1 unspecified atom stereocenters. The van der Waals surface area contributed by atoms with Crippen LogP contribution in [0, 0.1) is 0 Å². The highest BCUT2D eigenvalue weighted by atomic mass is 32.2. The predicted octanol–water partition coefficient (Wildman–Crippen LogP) is -0.106. The summed E-state index contributed by atoms with van der Waals surface area (Å²) < 4.78 is 13.7. The van der Waals surface area contributed by atoms with Crippen molar-refractivity contribution in [3.8, 4) is 0 Å². The molecule has 0 saturated heterocycles. The Labute approximate surface area is 54.7 Å². The molecule has 0 rings (SSSR count). The largest absolute Gasteiger partial charge is 0.272 e. The van der Waals surface area contributed by atoms with Gasteiger partial charge in [-0.15, -0.1) is 4.36 Å². The second kappa shape index (κ2) is 2.93. The molecule has 54 valence electrons. The number of hydrogen-bond acceptors (Lipinski definition) is 2. The molecule has 0 aromatic carbocycles. The van der Waals surface area contributed by atoms with Gasteiger partial charge in [0.2, 0.25) is 0 Å². The first kappa shape index (κ1) is 8.58. The zero-order valence-corrected chi connectivity index (χ0v) is 6.27. The van der Waals surface area contributed by atoms with E-state index < -0.39 is 15.8 Å². The third-order valence-corrected chi connectivity index (χ3v) is 1.15. The molecule has 9 heavy (non-hydrogen) atoms. The van der Waals surface area contributed by atoms with Crippen LogP contribution in [0.25, 0.3) is 0 Å². The molecule has 0 fully saturated rings. The summed E-state index contributed by atoms with van der Waals surface area (Å²) in [5.41, 5.74) is 0. The van der Waals surface area contributed by atoms with Gasteiger partial charge >= 0.3 is 0 Å². The Balaban J connectivity index is 4.33. The average Bonchev–Trinajstić information content (AvgIpc) is 1.62. The summed E-state index contributed by atoms with van der Waals surface area (Å²) >= 11 is 0. The van der Waals surface area contributed by atoms with Crippen molar-refractivity contribution in [2.75, 3.05) is 6.26 Å². The molecule has 5 heteroatoms. The van der Waals surface area contributed by atoms with E-state index in [4.69, 9.17) is 5.14 Å². The zero-order valence-electron chi connectivity index (χ0n) is 5.46. The summed E-state index contributed by atoms with van der Waals surface area (Å²) in [5.74, 6) is -0.412. The lowest BCUT2D eigenvalue weighted by molar-refractivity contribution is -0.117. The first-order chi connectivity index (χ1) is 3.95. The summed E-state index contributed by atoms with van der Waals surface area (Å²) in [6, 6.07) is 0. The summed E-state index contributed by atoms with van der Waals surface area (Å²) in [5, 5.41) is 4.95.